The Hall–Kier alpha value is -5.03. The van der Waals surface area contributed by atoms with E-state index in [4.69, 9.17) is 19.9 Å². The highest BCUT2D eigenvalue weighted by Crippen LogP contribution is 2.43. The minimum absolute atomic E-state index is 0.000587. The summed E-state index contributed by atoms with van der Waals surface area (Å²) in [7, 11) is 2.43. The molecule has 8 nitrogen and oxygen atoms in total. The van der Waals surface area contributed by atoms with Crippen molar-refractivity contribution in [2.75, 3.05) is 25.7 Å². The Morgan fingerprint density at radius 2 is 1.59 bits per heavy atom. The average Bonchev–Trinajstić information content (AvgIpc) is 2.99. The Kier molecular flexibility index (Phi) is 8.64. The fourth-order valence-electron chi connectivity index (χ4n) is 4.60. The van der Waals surface area contributed by atoms with E-state index in [0.29, 0.717) is 23.6 Å². The Morgan fingerprint density at radius 1 is 0.923 bits per heavy atom. The van der Waals surface area contributed by atoms with Gasteiger partial charge in [0.2, 0.25) is 0 Å². The minimum atomic E-state index is -0.925. The second-order valence-corrected chi connectivity index (χ2v) is 8.77. The Balaban J connectivity index is 1.74. The summed E-state index contributed by atoms with van der Waals surface area (Å²) in [6.07, 6.45) is 1.67. The van der Waals surface area contributed by atoms with E-state index < -0.39 is 17.9 Å². The molecular formula is C31H29N3O5. The molecule has 0 bridgehead atoms. The van der Waals surface area contributed by atoms with Gasteiger partial charge in [0.15, 0.2) is 0 Å². The van der Waals surface area contributed by atoms with Crippen LogP contribution in [0.5, 0.6) is 5.75 Å². The Labute approximate surface area is 227 Å². The standard InChI is InChI=1S/C31H29N3O5/c1-37-30(35)27-26(22-14-7-4-8-15-22)25(20-32)29(33)34(28(27)31(36)38-2)23-16-9-17-24(19-23)39-18-10-13-21-11-5-3-6-12-21/h3-9,11-12,14-17,19,26H,10,13,18,33H2,1-2H3. The molecule has 8 heteroatoms. The number of carbonyl (C=O) groups is 2. The fraction of sp³-hybridized carbons (Fsp3) is 0.194. The monoisotopic (exact) mass is 523 g/mol. The molecule has 1 atom stereocenters. The zero-order valence-electron chi connectivity index (χ0n) is 21.8. The van der Waals surface area contributed by atoms with Crippen LogP contribution in [0, 0.1) is 11.3 Å². The first kappa shape index (κ1) is 27.0. The number of methoxy groups -OCH3 is 2. The molecule has 0 aromatic heterocycles. The second kappa shape index (κ2) is 12.5. The summed E-state index contributed by atoms with van der Waals surface area (Å²) in [5, 5.41) is 10.2. The number of aryl methyl sites for hydroxylation is 1. The highest BCUT2D eigenvalue weighted by atomic mass is 16.5. The zero-order valence-corrected chi connectivity index (χ0v) is 21.8. The number of nitrogens with two attached hydrogens (primary N) is 1. The normalized spacial score (nSPS) is 15.0. The van der Waals surface area contributed by atoms with Gasteiger partial charge >= 0.3 is 11.9 Å². The van der Waals surface area contributed by atoms with Crippen LogP contribution in [0.3, 0.4) is 0 Å². The number of rotatable bonds is 9. The summed E-state index contributed by atoms with van der Waals surface area (Å²) in [6.45, 7) is 0.469. The van der Waals surface area contributed by atoms with Gasteiger partial charge in [0, 0.05) is 6.07 Å². The molecule has 1 heterocycles. The van der Waals surface area contributed by atoms with E-state index in [1.807, 2.05) is 24.3 Å². The van der Waals surface area contributed by atoms with Gasteiger partial charge in [0.25, 0.3) is 0 Å². The SMILES string of the molecule is COC(=O)C1=C(C(=O)OC)N(c2cccc(OCCCc3ccccc3)c2)C(N)=C(C#N)C1c1ccccc1. The molecular weight excluding hydrogens is 494 g/mol. The first-order chi connectivity index (χ1) is 19.0. The van der Waals surface area contributed by atoms with E-state index >= 15 is 0 Å². The number of benzene rings is 3. The Morgan fingerprint density at radius 3 is 2.23 bits per heavy atom. The first-order valence-electron chi connectivity index (χ1n) is 12.4. The molecule has 4 rings (SSSR count). The lowest BCUT2D eigenvalue weighted by Gasteiger charge is -2.36. The molecule has 39 heavy (non-hydrogen) atoms. The average molecular weight is 524 g/mol. The van der Waals surface area contributed by atoms with Gasteiger partial charge in [0.1, 0.15) is 17.3 Å². The van der Waals surface area contributed by atoms with Gasteiger partial charge in [-0.3, -0.25) is 4.90 Å². The van der Waals surface area contributed by atoms with Crippen molar-refractivity contribution >= 4 is 17.6 Å². The number of allylic oxidation sites excluding steroid dienone is 1. The lowest BCUT2D eigenvalue weighted by atomic mass is 9.81. The summed E-state index contributed by atoms with van der Waals surface area (Å²) < 4.78 is 16.1. The van der Waals surface area contributed by atoms with Crippen LogP contribution in [-0.4, -0.2) is 32.8 Å². The number of nitrogens with zero attached hydrogens (tertiary/aromatic N) is 2. The van der Waals surface area contributed by atoms with Gasteiger partial charge in [0.05, 0.1) is 49.6 Å². The largest absolute Gasteiger partial charge is 0.494 e. The number of ether oxygens (including phenoxy) is 3. The molecule has 2 N–H and O–H groups in total. The van der Waals surface area contributed by atoms with Gasteiger partial charge in [-0.25, -0.2) is 9.59 Å². The molecule has 3 aromatic carbocycles. The maximum Gasteiger partial charge on any atom is 0.355 e. The lowest BCUT2D eigenvalue weighted by Crippen LogP contribution is -2.40. The van der Waals surface area contributed by atoms with Crippen molar-refractivity contribution in [1.29, 1.82) is 5.26 Å². The van der Waals surface area contributed by atoms with Crippen molar-refractivity contribution in [2.24, 2.45) is 5.73 Å². The van der Waals surface area contributed by atoms with E-state index in [2.05, 4.69) is 18.2 Å². The summed E-state index contributed by atoms with van der Waals surface area (Å²) in [5.74, 6) is -1.96. The molecule has 0 saturated heterocycles. The van der Waals surface area contributed by atoms with Crippen LogP contribution in [0.2, 0.25) is 0 Å². The van der Waals surface area contributed by atoms with Crippen LogP contribution in [0.1, 0.15) is 23.5 Å². The maximum atomic E-state index is 13.2. The summed E-state index contributed by atoms with van der Waals surface area (Å²) in [4.78, 5) is 27.7. The smallest absolute Gasteiger partial charge is 0.355 e. The van der Waals surface area contributed by atoms with Crippen molar-refractivity contribution in [3.05, 3.63) is 119 Å². The van der Waals surface area contributed by atoms with Crippen molar-refractivity contribution < 1.29 is 23.8 Å². The number of nitriles is 1. The van der Waals surface area contributed by atoms with E-state index in [-0.39, 0.29) is 22.7 Å². The van der Waals surface area contributed by atoms with Gasteiger partial charge in [-0.05, 0) is 36.1 Å². The third-order valence-corrected chi connectivity index (χ3v) is 6.41. The van der Waals surface area contributed by atoms with E-state index in [1.54, 1.807) is 48.5 Å². The summed E-state index contributed by atoms with van der Waals surface area (Å²) >= 11 is 0. The van der Waals surface area contributed by atoms with E-state index in [1.165, 1.54) is 24.7 Å². The van der Waals surface area contributed by atoms with Gasteiger partial charge in [-0.2, -0.15) is 5.26 Å². The van der Waals surface area contributed by atoms with Crippen LogP contribution < -0.4 is 15.4 Å². The van der Waals surface area contributed by atoms with E-state index in [9.17, 15) is 14.9 Å². The molecule has 0 aliphatic carbocycles. The molecule has 0 spiro atoms. The topological polar surface area (TPSA) is 115 Å². The second-order valence-electron chi connectivity index (χ2n) is 8.77. The molecule has 1 aliphatic rings. The van der Waals surface area contributed by atoms with Crippen molar-refractivity contribution in [1.82, 2.24) is 0 Å². The number of anilines is 1. The fourth-order valence-corrected chi connectivity index (χ4v) is 4.60. The molecule has 1 unspecified atom stereocenters. The van der Waals surface area contributed by atoms with Gasteiger partial charge < -0.3 is 19.9 Å². The van der Waals surface area contributed by atoms with Gasteiger partial charge in [-0.15, -0.1) is 0 Å². The molecule has 0 amide bonds. The number of hydrogen-bond donors (Lipinski definition) is 1. The van der Waals surface area contributed by atoms with Crippen LogP contribution in [-0.2, 0) is 25.5 Å². The number of hydrogen-bond acceptors (Lipinski definition) is 8. The first-order valence-corrected chi connectivity index (χ1v) is 12.4. The third kappa shape index (κ3) is 5.78. The van der Waals surface area contributed by atoms with Gasteiger partial charge in [-0.1, -0.05) is 66.7 Å². The van der Waals surface area contributed by atoms with Crippen molar-refractivity contribution in [3.63, 3.8) is 0 Å². The van der Waals surface area contributed by atoms with Crippen LogP contribution in [0.25, 0.3) is 0 Å². The lowest BCUT2D eigenvalue weighted by molar-refractivity contribution is -0.139. The highest BCUT2D eigenvalue weighted by molar-refractivity contribution is 6.06. The van der Waals surface area contributed by atoms with Crippen LogP contribution in [0.4, 0.5) is 5.69 Å². The molecule has 0 fully saturated rings. The van der Waals surface area contributed by atoms with Crippen molar-refractivity contribution in [2.45, 2.75) is 18.8 Å². The zero-order chi connectivity index (χ0) is 27.8. The maximum absolute atomic E-state index is 13.2. The quantitative estimate of drug-likeness (QED) is 0.320. The van der Waals surface area contributed by atoms with Crippen LogP contribution in [0.15, 0.2) is 108 Å². The molecule has 198 valence electrons. The number of esters is 2. The highest BCUT2D eigenvalue weighted by Gasteiger charge is 2.43. The minimum Gasteiger partial charge on any atom is -0.494 e. The summed E-state index contributed by atoms with van der Waals surface area (Å²) in [5.41, 5.74) is 8.74. The predicted octanol–water partition coefficient (Wildman–Crippen LogP) is 4.60. The molecule has 0 radical (unpaired) electrons. The summed E-state index contributed by atoms with van der Waals surface area (Å²) in [6, 6.07) is 28.1. The predicted molar refractivity (Wildman–Crippen MR) is 146 cm³/mol. The molecule has 3 aromatic rings. The third-order valence-electron chi connectivity index (χ3n) is 6.41. The molecule has 0 saturated carbocycles. The Bertz CT molecular complexity index is 1440. The van der Waals surface area contributed by atoms with Crippen LogP contribution >= 0.6 is 0 Å². The van der Waals surface area contributed by atoms with Crippen molar-refractivity contribution in [3.8, 4) is 11.8 Å². The molecule has 1 aliphatic heterocycles. The number of carbonyl (C=O) groups excluding carboxylic acids is 2. The van der Waals surface area contributed by atoms with E-state index in [0.717, 1.165) is 12.8 Å².